The zero-order chi connectivity index (χ0) is 17.9. The van der Waals surface area contributed by atoms with Crippen molar-refractivity contribution in [1.82, 2.24) is 4.98 Å². The van der Waals surface area contributed by atoms with Gasteiger partial charge in [0.15, 0.2) is 0 Å². The van der Waals surface area contributed by atoms with Gasteiger partial charge in [-0.15, -0.1) is 0 Å². The molecule has 26 heavy (non-hydrogen) atoms. The fraction of sp³-hybridized carbons (Fsp3) is 0. The van der Waals surface area contributed by atoms with Crippen LogP contribution in [0.2, 0.25) is 5.02 Å². The van der Waals surface area contributed by atoms with E-state index in [1.807, 2.05) is 36.4 Å². The van der Waals surface area contributed by atoms with E-state index in [0.717, 1.165) is 10.9 Å². The highest BCUT2D eigenvalue weighted by atomic mass is 35.5. The van der Waals surface area contributed by atoms with Crippen LogP contribution in [0.4, 0.5) is 5.13 Å². The summed E-state index contributed by atoms with van der Waals surface area (Å²) in [5, 5.41) is 6.23. The number of fused-ring (bicyclic) bond motifs is 1. The summed E-state index contributed by atoms with van der Waals surface area (Å²) in [5.74, 6) is 0. The average molecular weight is 382 g/mol. The second kappa shape index (κ2) is 7.11. The van der Waals surface area contributed by atoms with Crippen molar-refractivity contribution in [2.24, 2.45) is 5.10 Å². The van der Waals surface area contributed by atoms with Crippen LogP contribution in [0.1, 0.15) is 5.56 Å². The van der Waals surface area contributed by atoms with Crippen LogP contribution in [0.3, 0.4) is 0 Å². The normalized spacial score (nSPS) is 11.3. The number of hydrogen-bond donors (Lipinski definition) is 1. The van der Waals surface area contributed by atoms with Crippen LogP contribution >= 0.6 is 22.9 Å². The van der Waals surface area contributed by atoms with Crippen LogP contribution in [0.15, 0.2) is 75.1 Å². The van der Waals surface area contributed by atoms with Crippen molar-refractivity contribution >= 4 is 45.3 Å². The monoisotopic (exact) mass is 381 g/mol. The highest BCUT2D eigenvalue weighted by Gasteiger charge is 2.11. The number of rotatable bonds is 4. The topological polar surface area (TPSA) is 67.5 Å². The van der Waals surface area contributed by atoms with Gasteiger partial charge in [-0.2, -0.15) is 5.10 Å². The van der Waals surface area contributed by atoms with E-state index < -0.39 is 0 Å². The quantitative estimate of drug-likeness (QED) is 0.306. The summed E-state index contributed by atoms with van der Waals surface area (Å²) in [4.78, 5) is 17.2. The highest BCUT2D eigenvalue weighted by Crippen LogP contribution is 2.28. The Morgan fingerprint density at radius 1 is 1.15 bits per heavy atom. The molecule has 0 saturated heterocycles. The van der Waals surface area contributed by atoms with Crippen molar-refractivity contribution in [3.63, 3.8) is 0 Å². The molecule has 0 amide bonds. The minimum absolute atomic E-state index is 0.388. The highest BCUT2D eigenvalue weighted by molar-refractivity contribution is 7.18. The summed E-state index contributed by atoms with van der Waals surface area (Å²) in [5.41, 5.74) is 4.39. The molecule has 0 saturated carbocycles. The smallest absolute Gasteiger partial charge is 0.345 e. The molecule has 2 aromatic carbocycles. The molecular formula is C19H12ClN3O2S. The van der Waals surface area contributed by atoms with Gasteiger partial charge in [-0.1, -0.05) is 53.3 Å². The van der Waals surface area contributed by atoms with Crippen molar-refractivity contribution < 1.29 is 4.42 Å². The molecule has 4 aromatic rings. The Morgan fingerprint density at radius 3 is 2.92 bits per heavy atom. The molecule has 0 aliphatic rings. The van der Waals surface area contributed by atoms with E-state index in [2.05, 4.69) is 15.5 Å². The summed E-state index contributed by atoms with van der Waals surface area (Å²) >= 11 is 7.26. The number of anilines is 1. The number of thiazole rings is 1. The SMILES string of the molecule is O=c1oc2ccccc2cc1-c1cnc(N/N=C/c2cccc(Cl)c2)s1. The lowest BCUT2D eigenvalue weighted by atomic mass is 10.2. The van der Waals surface area contributed by atoms with E-state index in [0.29, 0.717) is 26.2 Å². The maximum Gasteiger partial charge on any atom is 0.345 e. The number of hydrogen-bond acceptors (Lipinski definition) is 6. The van der Waals surface area contributed by atoms with Gasteiger partial charge in [-0.3, -0.25) is 5.43 Å². The minimum atomic E-state index is -0.388. The van der Waals surface area contributed by atoms with Crippen LogP contribution in [-0.2, 0) is 0 Å². The fourth-order valence-corrected chi connectivity index (χ4v) is 3.40. The van der Waals surface area contributed by atoms with Gasteiger partial charge in [0.25, 0.3) is 0 Å². The fourth-order valence-electron chi connectivity index (χ4n) is 2.43. The molecule has 0 atom stereocenters. The molecule has 0 unspecified atom stereocenters. The van der Waals surface area contributed by atoms with Crippen LogP contribution < -0.4 is 11.1 Å². The van der Waals surface area contributed by atoms with Crippen molar-refractivity contribution in [2.75, 3.05) is 5.43 Å². The lowest BCUT2D eigenvalue weighted by Crippen LogP contribution is -2.01. The van der Waals surface area contributed by atoms with Gasteiger partial charge in [-0.25, -0.2) is 9.78 Å². The predicted octanol–water partition coefficient (Wildman–Crippen LogP) is 5.02. The Kier molecular flexibility index (Phi) is 4.51. The largest absolute Gasteiger partial charge is 0.422 e. The number of hydrazone groups is 1. The maximum absolute atomic E-state index is 12.2. The molecule has 1 N–H and O–H groups in total. The predicted molar refractivity (Wildman–Crippen MR) is 106 cm³/mol. The molecule has 2 heterocycles. The van der Waals surface area contributed by atoms with E-state index in [4.69, 9.17) is 16.0 Å². The molecule has 7 heteroatoms. The first-order valence-corrected chi connectivity index (χ1v) is 8.92. The molecule has 0 aliphatic heterocycles. The third-order valence-corrected chi connectivity index (χ3v) is 4.81. The minimum Gasteiger partial charge on any atom is -0.422 e. The number of benzene rings is 2. The summed E-state index contributed by atoms with van der Waals surface area (Å²) in [6, 6.07) is 16.6. The molecular weight excluding hydrogens is 370 g/mol. The van der Waals surface area contributed by atoms with E-state index in [-0.39, 0.29) is 5.63 Å². The second-order valence-corrected chi connectivity index (χ2v) is 6.91. The van der Waals surface area contributed by atoms with Crippen LogP contribution in [0.25, 0.3) is 21.4 Å². The molecule has 5 nitrogen and oxygen atoms in total. The second-order valence-electron chi connectivity index (χ2n) is 5.44. The standard InChI is InChI=1S/C19H12ClN3O2S/c20-14-6-3-4-12(8-14)10-22-23-19-21-11-17(26-19)15-9-13-5-1-2-7-16(13)25-18(15)24/h1-11H,(H,21,23)/b22-10+. The van der Waals surface area contributed by atoms with Crippen molar-refractivity contribution in [3.05, 3.63) is 81.8 Å². The van der Waals surface area contributed by atoms with Crippen LogP contribution in [-0.4, -0.2) is 11.2 Å². The average Bonchev–Trinajstić information content (AvgIpc) is 3.10. The van der Waals surface area contributed by atoms with Crippen molar-refractivity contribution in [1.29, 1.82) is 0 Å². The van der Waals surface area contributed by atoms with Gasteiger partial charge in [-0.05, 0) is 29.8 Å². The van der Waals surface area contributed by atoms with Gasteiger partial charge in [0.2, 0.25) is 5.13 Å². The van der Waals surface area contributed by atoms with Crippen LogP contribution in [0, 0.1) is 0 Å². The zero-order valence-corrected chi connectivity index (χ0v) is 14.9. The number of aromatic nitrogens is 1. The lowest BCUT2D eigenvalue weighted by molar-refractivity contribution is 0.563. The van der Waals surface area contributed by atoms with Gasteiger partial charge >= 0.3 is 5.63 Å². The molecule has 0 fully saturated rings. The van der Waals surface area contributed by atoms with Crippen LogP contribution in [0.5, 0.6) is 0 Å². The van der Waals surface area contributed by atoms with E-state index in [1.54, 1.807) is 30.6 Å². The molecule has 4 rings (SSSR count). The summed E-state index contributed by atoms with van der Waals surface area (Å²) < 4.78 is 5.37. The number of para-hydroxylation sites is 1. The molecule has 128 valence electrons. The van der Waals surface area contributed by atoms with Gasteiger partial charge in [0.1, 0.15) is 5.58 Å². The van der Waals surface area contributed by atoms with E-state index in [1.165, 1.54) is 11.3 Å². The summed E-state index contributed by atoms with van der Waals surface area (Å²) in [7, 11) is 0. The lowest BCUT2D eigenvalue weighted by Gasteiger charge is -1.99. The number of halogens is 1. The third kappa shape index (κ3) is 3.51. The Balaban J connectivity index is 1.56. The first-order chi connectivity index (χ1) is 12.7. The zero-order valence-electron chi connectivity index (χ0n) is 13.3. The van der Waals surface area contributed by atoms with Gasteiger partial charge in [0.05, 0.1) is 16.7 Å². The summed E-state index contributed by atoms with van der Waals surface area (Å²) in [6.45, 7) is 0. The Hall–Kier alpha value is -2.96. The molecule has 0 aliphatic carbocycles. The Morgan fingerprint density at radius 2 is 2.04 bits per heavy atom. The van der Waals surface area contributed by atoms with Crippen molar-refractivity contribution in [2.45, 2.75) is 0 Å². The maximum atomic E-state index is 12.2. The van der Waals surface area contributed by atoms with E-state index >= 15 is 0 Å². The van der Waals surface area contributed by atoms with Gasteiger partial charge in [0, 0.05) is 16.6 Å². The molecule has 0 bridgehead atoms. The summed E-state index contributed by atoms with van der Waals surface area (Å²) in [6.07, 6.45) is 3.28. The third-order valence-electron chi connectivity index (χ3n) is 3.64. The molecule has 2 aromatic heterocycles. The number of nitrogens with zero attached hydrogens (tertiary/aromatic N) is 2. The Bertz CT molecular complexity index is 1170. The van der Waals surface area contributed by atoms with E-state index in [9.17, 15) is 4.79 Å². The van der Waals surface area contributed by atoms with Crippen molar-refractivity contribution in [3.8, 4) is 10.4 Å². The molecule has 0 spiro atoms. The first-order valence-electron chi connectivity index (χ1n) is 7.73. The van der Waals surface area contributed by atoms with Gasteiger partial charge < -0.3 is 4.42 Å². The first kappa shape index (κ1) is 16.5. The number of nitrogens with one attached hydrogen (secondary N) is 1. The Labute approximate surface area is 157 Å². The molecule has 0 radical (unpaired) electrons.